The number of rotatable bonds is 5. The van der Waals surface area contributed by atoms with Gasteiger partial charge in [0, 0.05) is 31.1 Å². The van der Waals surface area contributed by atoms with Crippen molar-refractivity contribution in [1.82, 2.24) is 25.2 Å². The number of amides is 3. The molecule has 0 atom stereocenters. The molecule has 142 valence electrons. The molecule has 8 nitrogen and oxygen atoms in total. The summed E-state index contributed by atoms with van der Waals surface area (Å²) in [5.74, 6) is -0.378. The first-order chi connectivity index (χ1) is 13.1. The largest absolute Gasteiger partial charge is 0.353 e. The molecular formula is C18H21FN6O2. The van der Waals surface area contributed by atoms with E-state index in [2.05, 4.69) is 20.9 Å². The maximum Gasteiger partial charge on any atom is 0.322 e. The maximum atomic E-state index is 13.3. The summed E-state index contributed by atoms with van der Waals surface area (Å²) in [6.07, 6.45) is 2.97. The molecule has 0 saturated heterocycles. The number of carbonyl (C=O) groups excluding carboxylic acids is 2. The van der Waals surface area contributed by atoms with Gasteiger partial charge in [-0.2, -0.15) is 0 Å². The fraction of sp³-hybridized carbons (Fsp3) is 0.444. The summed E-state index contributed by atoms with van der Waals surface area (Å²) in [5.41, 5.74) is 1.99. The average Bonchev–Trinajstić information content (AvgIpc) is 3.37. The van der Waals surface area contributed by atoms with Crippen molar-refractivity contribution in [2.24, 2.45) is 0 Å². The Labute approximate surface area is 155 Å². The van der Waals surface area contributed by atoms with Crippen molar-refractivity contribution in [2.75, 3.05) is 11.9 Å². The van der Waals surface area contributed by atoms with Gasteiger partial charge in [-0.05, 0) is 31.0 Å². The van der Waals surface area contributed by atoms with Crippen LogP contribution in [0.1, 0.15) is 30.7 Å². The Kier molecular flexibility index (Phi) is 4.74. The molecule has 4 rings (SSSR count). The van der Waals surface area contributed by atoms with Gasteiger partial charge in [-0.15, -0.1) is 5.10 Å². The number of nitrogens with one attached hydrogen (secondary N) is 2. The number of anilines is 1. The zero-order valence-electron chi connectivity index (χ0n) is 14.8. The molecule has 1 aromatic carbocycles. The van der Waals surface area contributed by atoms with E-state index in [1.807, 2.05) is 0 Å². The lowest BCUT2D eigenvalue weighted by molar-refractivity contribution is -0.121. The highest BCUT2D eigenvalue weighted by molar-refractivity contribution is 5.89. The summed E-state index contributed by atoms with van der Waals surface area (Å²) in [7, 11) is 0. The van der Waals surface area contributed by atoms with Gasteiger partial charge < -0.3 is 15.5 Å². The van der Waals surface area contributed by atoms with Crippen LogP contribution in [0.3, 0.4) is 0 Å². The van der Waals surface area contributed by atoms with E-state index < -0.39 is 5.82 Å². The van der Waals surface area contributed by atoms with Gasteiger partial charge >= 0.3 is 6.03 Å². The Morgan fingerprint density at radius 2 is 2.11 bits per heavy atom. The summed E-state index contributed by atoms with van der Waals surface area (Å²) in [4.78, 5) is 26.0. The molecule has 0 bridgehead atoms. The van der Waals surface area contributed by atoms with Crippen LogP contribution in [-0.2, 0) is 24.3 Å². The normalized spacial score (nSPS) is 16.0. The number of hydrogen-bond donors (Lipinski definition) is 2. The van der Waals surface area contributed by atoms with E-state index in [4.69, 9.17) is 0 Å². The molecule has 1 aliphatic carbocycles. The Balaban J connectivity index is 1.37. The van der Waals surface area contributed by atoms with Crippen LogP contribution in [0, 0.1) is 5.82 Å². The second kappa shape index (κ2) is 7.34. The fourth-order valence-electron chi connectivity index (χ4n) is 3.09. The van der Waals surface area contributed by atoms with E-state index in [0.717, 1.165) is 24.2 Å². The molecule has 1 fully saturated rings. The molecule has 2 heterocycles. The minimum Gasteiger partial charge on any atom is -0.353 e. The van der Waals surface area contributed by atoms with E-state index in [1.54, 1.807) is 21.7 Å². The number of aromatic nitrogens is 3. The molecule has 1 aliphatic heterocycles. The predicted molar refractivity (Wildman–Crippen MR) is 95.3 cm³/mol. The minimum absolute atomic E-state index is 0.0239. The standard InChI is InChI=1S/C18H21FN6O2/c19-12-2-1-3-14(10-12)21-18(27)24-8-9-25-16(11-24)15(22-23-25)6-7-17(26)20-13-4-5-13/h1-3,10,13H,4-9,11H2,(H,20,26)(H,21,27). The summed E-state index contributed by atoms with van der Waals surface area (Å²) >= 11 is 0. The number of nitrogens with zero attached hydrogens (tertiary/aromatic N) is 4. The summed E-state index contributed by atoms with van der Waals surface area (Å²) in [6.45, 7) is 1.38. The Morgan fingerprint density at radius 3 is 2.89 bits per heavy atom. The van der Waals surface area contributed by atoms with E-state index in [1.165, 1.54) is 12.1 Å². The molecular weight excluding hydrogens is 351 g/mol. The van der Waals surface area contributed by atoms with Crippen molar-refractivity contribution in [3.05, 3.63) is 41.5 Å². The zero-order chi connectivity index (χ0) is 18.8. The highest BCUT2D eigenvalue weighted by atomic mass is 19.1. The average molecular weight is 372 g/mol. The molecule has 2 N–H and O–H groups in total. The van der Waals surface area contributed by atoms with Gasteiger partial charge in [-0.25, -0.2) is 13.9 Å². The molecule has 27 heavy (non-hydrogen) atoms. The first-order valence-corrected chi connectivity index (χ1v) is 9.10. The Hall–Kier alpha value is -2.97. The second-order valence-corrected chi connectivity index (χ2v) is 6.91. The molecule has 2 aromatic rings. The predicted octanol–water partition coefficient (Wildman–Crippen LogP) is 1.68. The van der Waals surface area contributed by atoms with Crippen LogP contribution in [0.4, 0.5) is 14.9 Å². The molecule has 0 radical (unpaired) electrons. The van der Waals surface area contributed by atoms with E-state index in [9.17, 15) is 14.0 Å². The summed E-state index contributed by atoms with van der Waals surface area (Å²) in [6, 6.07) is 5.83. The molecule has 2 aliphatic rings. The first kappa shape index (κ1) is 17.4. The van der Waals surface area contributed by atoms with Crippen molar-refractivity contribution >= 4 is 17.6 Å². The number of aryl methyl sites for hydroxylation is 1. The van der Waals surface area contributed by atoms with Gasteiger partial charge in [-0.3, -0.25) is 4.79 Å². The molecule has 1 aromatic heterocycles. The van der Waals surface area contributed by atoms with Gasteiger partial charge in [0.15, 0.2) is 0 Å². The van der Waals surface area contributed by atoms with Crippen LogP contribution in [0.2, 0.25) is 0 Å². The molecule has 0 spiro atoms. The van der Waals surface area contributed by atoms with Crippen LogP contribution in [0.5, 0.6) is 0 Å². The van der Waals surface area contributed by atoms with Crippen molar-refractivity contribution in [3.63, 3.8) is 0 Å². The zero-order valence-corrected chi connectivity index (χ0v) is 14.8. The molecule has 0 unspecified atom stereocenters. The highest BCUT2D eigenvalue weighted by Crippen LogP contribution is 2.20. The van der Waals surface area contributed by atoms with Gasteiger partial charge in [0.1, 0.15) is 5.82 Å². The van der Waals surface area contributed by atoms with Crippen LogP contribution < -0.4 is 10.6 Å². The lowest BCUT2D eigenvalue weighted by Gasteiger charge is -2.28. The first-order valence-electron chi connectivity index (χ1n) is 9.10. The van der Waals surface area contributed by atoms with Crippen molar-refractivity contribution in [3.8, 4) is 0 Å². The lowest BCUT2D eigenvalue weighted by atomic mass is 10.1. The Bertz CT molecular complexity index is 863. The van der Waals surface area contributed by atoms with Crippen molar-refractivity contribution < 1.29 is 14.0 Å². The highest BCUT2D eigenvalue weighted by Gasteiger charge is 2.26. The number of fused-ring (bicyclic) bond motifs is 1. The quantitative estimate of drug-likeness (QED) is 0.835. The molecule has 1 saturated carbocycles. The van der Waals surface area contributed by atoms with Crippen LogP contribution in [0.25, 0.3) is 0 Å². The van der Waals surface area contributed by atoms with E-state index >= 15 is 0 Å². The monoisotopic (exact) mass is 372 g/mol. The fourth-order valence-corrected chi connectivity index (χ4v) is 3.09. The van der Waals surface area contributed by atoms with Gasteiger partial charge in [0.05, 0.1) is 24.5 Å². The maximum absolute atomic E-state index is 13.3. The van der Waals surface area contributed by atoms with E-state index in [0.29, 0.717) is 44.2 Å². The van der Waals surface area contributed by atoms with Crippen LogP contribution >= 0.6 is 0 Å². The number of halogens is 1. The summed E-state index contributed by atoms with van der Waals surface area (Å²) < 4.78 is 15.1. The third kappa shape index (κ3) is 4.24. The summed E-state index contributed by atoms with van der Waals surface area (Å²) in [5, 5.41) is 14.0. The SMILES string of the molecule is O=C(CCc1nnn2c1CN(C(=O)Nc1cccc(F)c1)CC2)NC1CC1. The third-order valence-electron chi connectivity index (χ3n) is 4.73. The van der Waals surface area contributed by atoms with Crippen molar-refractivity contribution in [2.45, 2.75) is 44.8 Å². The minimum atomic E-state index is -0.402. The molecule has 9 heteroatoms. The van der Waals surface area contributed by atoms with Gasteiger partial charge in [0.2, 0.25) is 5.91 Å². The smallest absolute Gasteiger partial charge is 0.322 e. The van der Waals surface area contributed by atoms with E-state index in [-0.39, 0.29) is 11.9 Å². The van der Waals surface area contributed by atoms with Crippen LogP contribution in [-0.4, -0.2) is 44.4 Å². The van der Waals surface area contributed by atoms with Gasteiger partial charge in [-0.1, -0.05) is 11.3 Å². The van der Waals surface area contributed by atoms with Crippen molar-refractivity contribution in [1.29, 1.82) is 0 Å². The number of benzene rings is 1. The lowest BCUT2D eigenvalue weighted by Crippen LogP contribution is -2.41. The van der Waals surface area contributed by atoms with Gasteiger partial charge in [0.25, 0.3) is 0 Å². The molecule has 3 amide bonds. The topological polar surface area (TPSA) is 92.2 Å². The number of hydrogen-bond acceptors (Lipinski definition) is 4. The number of urea groups is 1. The Morgan fingerprint density at radius 1 is 1.26 bits per heavy atom. The second-order valence-electron chi connectivity index (χ2n) is 6.91. The third-order valence-corrected chi connectivity index (χ3v) is 4.73. The number of carbonyl (C=O) groups is 2. The van der Waals surface area contributed by atoms with Crippen LogP contribution in [0.15, 0.2) is 24.3 Å².